The predicted molar refractivity (Wildman–Crippen MR) is 104 cm³/mol. The minimum absolute atomic E-state index is 0.323. The average molecular weight is 456 g/mol. The van der Waals surface area contributed by atoms with Gasteiger partial charge in [0.05, 0.1) is 0 Å². The molecule has 0 aromatic heterocycles. The molecule has 0 saturated heterocycles. The Bertz CT molecular complexity index is 477. The first kappa shape index (κ1) is 32.2. The first-order valence-electron chi connectivity index (χ1n) is 8.95. The number of aliphatic carboxylic acids is 2. The van der Waals surface area contributed by atoms with Crippen molar-refractivity contribution in [3.63, 3.8) is 0 Å². The van der Waals surface area contributed by atoms with Crippen molar-refractivity contribution in [2.75, 3.05) is 0 Å². The molecule has 2 amide bonds. The van der Waals surface area contributed by atoms with Crippen molar-refractivity contribution in [1.82, 2.24) is 10.6 Å². The van der Waals surface area contributed by atoms with E-state index < -0.39 is 54.8 Å². The maximum absolute atomic E-state index is 10.4. The number of hydrogen-bond donors (Lipinski definition) is 4. The van der Waals surface area contributed by atoms with Crippen molar-refractivity contribution in [3.8, 4) is 0 Å². The number of carbonyl (C=O) groups excluding carboxylic acids is 2. The van der Waals surface area contributed by atoms with Gasteiger partial charge in [0.1, 0.15) is 0 Å². The Balaban J connectivity index is -0.000000350. The fourth-order valence-electron chi connectivity index (χ4n) is 1.01. The molecule has 29 heavy (non-hydrogen) atoms. The quantitative estimate of drug-likeness (QED) is 0.369. The van der Waals surface area contributed by atoms with E-state index in [1.54, 1.807) is 41.5 Å². The molecule has 0 atom stereocenters. The van der Waals surface area contributed by atoms with E-state index in [1.165, 1.54) is 0 Å². The molecular formula is C18H36N2O8Ti. The molecule has 0 radical (unpaired) electrons. The van der Waals surface area contributed by atoms with E-state index in [4.69, 9.17) is 16.8 Å². The predicted octanol–water partition coefficient (Wildman–Crippen LogP) is 1.72. The zero-order chi connectivity index (χ0) is 24.0. The van der Waals surface area contributed by atoms with Crippen LogP contribution in [0.1, 0.15) is 69.2 Å². The Morgan fingerprint density at radius 2 is 0.931 bits per heavy atom. The molecule has 0 aliphatic heterocycles. The summed E-state index contributed by atoms with van der Waals surface area (Å²) in [7, 11) is 0. The molecule has 0 bridgehead atoms. The molecule has 0 saturated carbocycles. The molecule has 0 aromatic rings. The van der Waals surface area contributed by atoms with Crippen LogP contribution in [0.25, 0.3) is 0 Å². The van der Waals surface area contributed by atoms with Gasteiger partial charge < -0.3 is 20.8 Å². The molecular weight excluding hydrogens is 420 g/mol. The fraction of sp³-hybridized carbons (Fsp3) is 0.778. The van der Waals surface area contributed by atoms with Crippen LogP contribution in [0.4, 0.5) is 0 Å². The van der Waals surface area contributed by atoms with E-state index in [0.29, 0.717) is 12.2 Å². The van der Waals surface area contributed by atoms with Crippen LogP contribution in [0.5, 0.6) is 0 Å². The summed E-state index contributed by atoms with van der Waals surface area (Å²) >= 11 is -0.574. The zero-order valence-electron chi connectivity index (χ0n) is 19.0. The van der Waals surface area contributed by atoms with Gasteiger partial charge >= 0.3 is 90.2 Å². The van der Waals surface area contributed by atoms with Gasteiger partial charge in [0.15, 0.2) is 0 Å². The SMILES string of the molecule is CC(C)(C)NC(=O)C(=O)O.CC(C)(C)NC(=O)C(=O)O.CC(C)[O][Ti][O]C(C)C. The van der Waals surface area contributed by atoms with Gasteiger partial charge in [0.2, 0.25) is 0 Å². The molecule has 10 nitrogen and oxygen atoms in total. The summed E-state index contributed by atoms with van der Waals surface area (Å²) < 4.78 is 10.5. The van der Waals surface area contributed by atoms with E-state index >= 15 is 0 Å². The van der Waals surface area contributed by atoms with E-state index in [2.05, 4.69) is 10.6 Å². The third-order valence-corrected chi connectivity index (χ3v) is 3.71. The number of nitrogens with one attached hydrogen (secondary N) is 2. The Hall–Kier alpha value is -1.49. The number of carboxylic acid groups (broad SMARTS) is 2. The molecule has 0 unspecified atom stereocenters. The summed E-state index contributed by atoms with van der Waals surface area (Å²) in [6, 6.07) is 0. The molecule has 0 aliphatic carbocycles. The van der Waals surface area contributed by atoms with Gasteiger partial charge in [-0.1, -0.05) is 0 Å². The normalized spacial score (nSPS) is 10.8. The summed E-state index contributed by atoms with van der Waals surface area (Å²) in [6.45, 7) is 18.4. The van der Waals surface area contributed by atoms with Gasteiger partial charge in [-0.3, -0.25) is 9.59 Å². The average Bonchev–Trinajstić information content (AvgIpc) is 2.43. The molecule has 0 aromatic carbocycles. The van der Waals surface area contributed by atoms with Crippen LogP contribution in [-0.2, 0) is 45.7 Å². The summed E-state index contributed by atoms with van der Waals surface area (Å²) in [5.41, 5.74) is -0.953. The van der Waals surface area contributed by atoms with Crippen LogP contribution in [0, 0.1) is 0 Å². The van der Waals surface area contributed by atoms with E-state index in [9.17, 15) is 19.2 Å². The third-order valence-electron chi connectivity index (χ3n) is 1.93. The van der Waals surface area contributed by atoms with Gasteiger partial charge in [-0.05, 0) is 41.5 Å². The number of carboxylic acids is 2. The Morgan fingerprint density at radius 1 is 0.690 bits per heavy atom. The number of amides is 2. The second-order valence-electron chi connectivity index (χ2n) is 8.44. The molecule has 0 spiro atoms. The van der Waals surface area contributed by atoms with Crippen LogP contribution >= 0.6 is 0 Å². The molecule has 0 rings (SSSR count). The van der Waals surface area contributed by atoms with Gasteiger partial charge in [0, 0.05) is 11.1 Å². The fourth-order valence-corrected chi connectivity index (χ4v) is 1.70. The van der Waals surface area contributed by atoms with Gasteiger partial charge in [0.25, 0.3) is 0 Å². The van der Waals surface area contributed by atoms with Crippen molar-refractivity contribution < 1.29 is 56.0 Å². The van der Waals surface area contributed by atoms with Crippen LogP contribution in [0.15, 0.2) is 0 Å². The van der Waals surface area contributed by atoms with Gasteiger partial charge in [-0.2, -0.15) is 0 Å². The summed E-state index contributed by atoms with van der Waals surface area (Å²) in [5.74, 6) is -4.83. The van der Waals surface area contributed by atoms with E-state index in [0.717, 1.165) is 0 Å². The molecule has 4 N–H and O–H groups in total. The maximum atomic E-state index is 10.4. The molecule has 11 heteroatoms. The monoisotopic (exact) mass is 456 g/mol. The van der Waals surface area contributed by atoms with Crippen LogP contribution in [0.3, 0.4) is 0 Å². The number of carbonyl (C=O) groups is 4. The van der Waals surface area contributed by atoms with Gasteiger partial charge in [-0.25, -0.2) is 9.59 Å². The van der Waals surface area contributed by atoms with Crippen molar-refractivity contribution in [2.45, 2.75) is 92.5 Å². The Morgan fingerprint density at radius 3 is 1.03 bits per heavy atom. The topological polar surface area (TPSA) is 151 Å². The Labute approximate surface area is 183 Å². The van der Waals surface area contributed by atoms with Crippen molar-refractivity contribution in [1.29, 1.82) is 0 Å². The van der Waals surface area contributed by atoms with Gasteiger partial charge in [-0.15, -0.1) is 0 Å². The summed E-state index contributed by atoms with van der Waals surface area (Å²) in [4.78, 5) is 40.8. The minimum atomic E-state index is -1.45. The third kappa shape index (κ3) is 31.4. The molecule has 0 heterocycles. The second-order valence-corrected chi connectivity index (χ2v) is 9.43. The summed E-state index contributed by atoms with van der Waals surface area (Å²) in [6.07, 6.45) is 0.646. The first-order valence-corrected chi connectivity index (χ1v) is 10.2. The molecule has 170 valence electrons. The van der Waals surface area contributed by atoms with Crippen LogP contribution in [0.2, 0.25) is 0 Å². The molecule has 0 aliphatic rings. The van der Waals surface area contributed by atoms with E-state index in [-0.39, 0.29) is 0 Å². The van der Waals surface area contributed by atoms with Crippen molar-refractivity contribution in [2.24, 2.45) is 0 Å². The zero-order valence-corrected chi connectivity index (χ0v) is 20.6. The van der Waals surface area contributed by atoms with Crippen molar-refractivity contribution >= 4 is 23.8 Å². The standard InChI is InChI=1S/2C6H11NO3.2C3H7O.Ti/c2*1-6(2,3)7-4(8)5(9)10;2*1-3(2)4;/h2*1-3H3,(H,7,8)(H,9,10);2*3H,1-2H3;/q;;2*-1;+2. The van der Waals surface area contributed by atoms with E-state index in [1.807, 2.05) is 27.7 Å². The van der Waals surface area contributed by atoms with Crippen LogP contribution in [-0.4, -0.2) is 57.3 Å². The second kappa shape index (κ2) is 15.4. The van der Waals surface area contributed by atoms with Crippen LogP contribution < -0.4 is 10.6 Å². The first-order chi connectivity index (χ1) is 12.8. The number of hydrogen-bond acceptors (Lipinski definition) is 6. The summed E-state index contributed by atoms with van der Waals surface area (Å²) in [5, 5.41) is 20.8. The number of rotatable bonds is 4. The molecule has 0 fully saturated rings. The van der Waals surface area contributed by atoms with Crippen molar-refractivity contribution in [3.05, 3.63) is 0 Å². The Kier molecular flexibility index (Phi) is 17.1.